The molecule has 2 aliphatic rings. The smallest absolute Gasteiger partial charge is 0.118 e. The summed E-state index contributed by atoms with van der Waals surface area (Å²) in [5.74, 6) is 2.22. The van der Waals surface area contributed by atoms with Crippen LogP contribution in [0.15, 0.2) is 152 Å². The van der Waals surface area contributed by atoms with Gasteiger partial charge in [0.15, 0.2) is 0 Å². The normalized spacial score (nSPS) is 15.9. The third-order valence-corrected chi connectivity index (χ3v) is 10.3. The Labute approximate surface area is 306 Å². The number of nitrogens with zero attached hydrogens (tertiary/aromatic N) is 3. The summed E-state index contributed by atoms with van der Waals surface area (Å²) in [5.41, 5.74) is 13.2. The molecule has 1 fully saturated rings. The summed E-state index contributed by atoms with van der Waals surface area (Å²) in [6.45, 7) is 0. The summed E-state index contributed by atoms with van der Waals surface area (Å²) in [4.78, 5) is 11.0. The van der Waals surface area contributed by atoms with E-state index in [-0.39, 0.29) is 0 Å². The summed E-state index contributed by atoms with van der Waals surface area (Å²) in [6, 6.07) is 41.2. The van der Waals surface area contributed by atoms with E-state index in [9.17, 15) is 0 Å². The molecule has 256 valence electrons. The molecule has 0 N–H and O–H groups in total. The van der Waals surface area contributed by atoms with Crippen LogP contribution in [0.2, 0.25) is 0 Å². The fourth-order valence-corrected chi connectivity index (χ4v) is 7.76. The number of hydrogen-bond acceptors (Lipinski definition) is 5. The van der Waals surface area contributed by atoms with Crippen LogP contribution in [0.25, 0.3) is 23.3 Å². The molecule has 0 amide bonds. The number of aromatic nitrogens is 2. The molecule has 4 aromatic carbocycles. The average molecular weight is 680 g/mol. The Morgan fingerprint density at radius 1 is 0.615 bits per heavy atom. The summed E-state index contributed by atoms with van der Waals surface area (Å²) in [5, 5.41) is 0. The predicted octanol–water partition coefficient (Wildman–Crippen LogP) is 11.0. The standard InChI is InChI=1S/C47H41N3O2/c1-51-40-18-12-35(13-19-40)42(36-14-20-41(52-2)21-15-36)6-3-5-33-11-22-47-45(32-33)43-7-4-8-46(43)50(47)39-16-9-34(10-17-39)31-44(37-23-27-48-28-24-37)38-25-29-49-30-26-38/h3,5-6,9-32,43,46H,4,7-8H2,1-2H3/b5-3+. The van der Waals surface area contributed by atoms with Crippen molar-refractivity contribution in [1.29, 1.82) is 0 Å². The molecule has 5 heteroatoms. The van der Waals surface area contributed by atoms with Crippen LogP contribution in [0.4, 0.5) is 11.4 Å². The number of benzene rings is 4. The Hall–Kier alpha value is -6.20. The molecule has 1 aliphatic heterocycles. The zero-order valence-electron chi connectivity index (χ0n) is 29.5. The first-order valence-corrected chi connectivity index (χ1v) is 17.9. The van der Waals surface area contributed by atoms with Gasteiger partial charge in [-0.05, 0) is 142 Å². The van der Waals surface area contributed by atoms with Gasteiger partial charge in [-0.2, -0.15) is 0 Å². The molecule has 1 saturated carbocycles. The number of anilines is 2. The quantitative estimate of drug-likeness (QED) is 0.135. The van der Waals surface area contributed by atoms with Crippen LogP contribution >= 0.6 is 0 Å². The van der Waals surface area contributed by atoms with Crippen molar-refractivity contribution in [3.05, 3.63) is 191 Å². The van der Waals surface area contributed by atoms with Gasteiger partial charge in [0, 0.05) is 48.1 Å². The highest BCUT2D eigenvalue weighted by Crippen LogP contribution is 2.52. The van der Waals surface area contributed by atoms with Crippen LogP contribution in [0.1, 0.15) is 64.1 Å². The van der Waals surface area contributed by atoms with Gasteiger partial charge in [0.05, 0.1) is 14.2 Å². The number of allylic oxidation sites excluding steroid dienone is 2. The van der Waals surface area contributed by atoms with E-state index in [0.29, 0.717) is 12.0 Å². The fraction of sp³-hybridized carbons (Fsp3) is 0.149. The molecule has 0 saturated heterocycles. The van der Waals surface area contributed by atoms with E-state index >= 15 is 0 Å². The van der Waals surface area contributed by atoms with Crippen LogP contribution in [0.3, 0.4) is 0 Å². The monoisotopic (exact) mass is 679 g/mol. The molecule has 8 rings (SSSR count). The van der Waals surface area contributed by atoms with Gasteiger partial charge in [-0.3, -0.25) is 9.97 Å². The molecule has 0 spiro atoms. The Morgan fingerprint density at radius 2 is 1.17 bits per heavy atom. The van der Waals surface area contributed by atoms with Crippen molar-refractivity contribution in [3.8, 4) is 11.5 Å². The average Bonchev–Trinajstić information content (AvgIpc) is 3.81. The van der Waals surface area contributed by atoms with Crippen molar-refractivity contribution >= 4 is 34.7 Å². The second kappa shape index (κ2) is 15.0. The molecule has 2 unspecified atom stereocenters. The minimum Gasteiger partial charge on any atom is -0.497 e. The summed E-state index contributed by atoms with van der Waals surface area (Å²) < 4.78 is 10.8. The van der Waals surface area contributed by atoms with Crippen LogP contribution in [-0.4, -0.2) is 30.2 Å². The molecule has 2 atom stereocenters. The fourth-order valence-electron chi connectivity index (χ4n) is 7.76. The number of pyridine rings is 2. The Kier molecular flexibility index (Phi) is 9.49. The van der Waals surface area contributed by atoms with Gasteiger partial charge < -0.3 is 14.4 Å². The van der Waals surface area contributed by atoms with E-state index < -0.39 is 0 Å². The Bertz CT molecular complexity index is 2130. The predicted molar refractivity (Wildman–Crippen MR) is 213 cm³/mol. The molecule has 2 aromatic heterocycles. The van der Waals surface area contributed by atoms with Gasteiger partial charge >= 0.3 is 0 Å². The molecule has 0 bridgehead atoms. The maximum absolute atomic E-state index is 5.42. The lowest BCUT2D eigenvalue weighted by Crippen LogP contribution is -2.26. The molecule has 5 nitrogen and oxygen atoms in total. The second-order valence-corrected chi connectivity index (χ2v) is 13.3. The first kappa shape index (κ1) is 33.0. The lowest BCUT2D eigenvalue weighted by Gasteiger charge is -2.27. The van der Waals surface area contributed by atoms with Crippen LogP contribution in [0, 0.1) is 0 Å². The first-order valence-electron chi connectivity index (χ1n) is 17.9. The molecule has 0 radical (unpaired) electrons. The van der Waals surface area contributed by atoms with Gasteiger partial charge in [0.2, 0.25) is 0 Å². The number of rotatable bonds is 10. The van der Waals surface area contributed by atoms with Crippen molar-refractivity contribution in [2.75, 3.05) is 19.1 Å². The summed E-state index contributed by atoms with van der Waals surface area (Å²) in [6.07, 6.45) is 19.9. The zero-order chi connectivity index (χ0) is 35.3. The molecule has 1 aliphatic carbocycles. The molecular formula is C47H41N3O2. The second-order valence-electron chi connectivity index (χ2n) is 13.3. The zero-order valence-corrected chi connectivity index (χ0v) is 29.5. The lowest BCUT2D eigenvalue weighted by atomic mass is 9.95. The Morgan fingerprint density at radius 3 is 1.75 bits per heavy atom. The van der Waals surface area contributed by atoms with Crippen LogP contribution in [0.5, 0.6) is 11.5 Å². The topological polar surface area (TPSA) is 47.5 Å². The van der Waals surface area contributed by atoms with Crippen LogP contribution in [-0.2, 0) is 0 Å². The molecule has 6 aromatic rings. The van der Waals surface area contributed by atoms with E-state index in [4.69, 9.17) is 9.47 Å². The highest BCUT2D eigenvalue weighted by molar-refractivity contribution is 5.91. The lowest BCUT2D eigenvalue weighted by molar-refractivity contribution is 0.414. The summed E-state index contributed by atoms with van der Waals surface area (Å²) in [7, 11) is 3.39. The van der Waals surface area contributed by atoms with Gasteiger partial charge in [0.25, 0.3) is 0 Å². The van der Waals surface area contributed by atoms with Crippen molar-refractivity contribution in [2.45, 2.75) is 31.2 Å². The van der Waals surface area contributed by atoms with Crippen LogP contribution < -0.4 is 14.4 Å². The van der Waals surface area contributed by atoms with Gasteiger partial charge in [-0.15, -0.1) is 0 Å². The van der Waals surface area contributed by atoms with Gasteiger partial charge in [-0.1, -0.05) is 67.1 Å². The molecule has 3 heterocycles. The SMILES string of the molecule is COc1ccc(C(=C/C=C/c2ccc3c(c2)C2CCCC2N3c2ccc(C=C(c3ccncc3)c3ccncc3)cc2)c2ccc(OC)cc2)cc1. The van der Waals surface area contributed by atoms with Crippen molar-refractivity contribution < 1.29 is 9.47 Å². The largest absolute Gasteiger partial charge is 0.497 e. The third kappa shape index (κ3) is 6.78. The number of ether oxygens (including phenoxy) is 2. The number of methoxy groups -OCH3 is 2. The van der Waals surface area contributed by atoms with Crippen molar-refractivity contribution in [1.82, 2.24) is 9.97 Å². The minimum atomic E-state index is 0.483. The maximum Gasteiger partial charge on any atom is 0.118 e. The number of hydrogen-bond donors (Lipinski definition) is 0. The number of fused-ring (bicyclic) bond motifs is 3. The van der Waals surface area contributed by atoms with E-state index in [1.807, 2.05) is 49.1 Å². The molecular weight excluding hydrogens is 639 g/mol. The van der Waals surface area contributed by atoms with E-state index in [1.54, 1.807) is 14.2 Å². The van der Waals surface area contributed by atoms with Gasteiger partial charge in [-0.25, -0.2) is 0 Å². The highest BCUT2D eigenvalue weighted by Gasteiger charge is 2.42. The molecule has 52 heavy (non-hydrogen) atoms. The van der Waals surface area contributed by atoms with Gasteiger partial charge in [0.1, 0.15) is 11.5 Å². The van der Waals surface area contributed by atoms with E-state index in [1.165, 1.54) is 41.8 Å². The minimum absolute atomic E-state index is 0.483. The highest BCUT2D eigenvalue weighted by atomic mass is 16.5. The van der Waals surface area contributed by atoms with Crippen molar-refractivity contribution in [2.24, 2.45) is 0 Å². The maximum atomic E-state index is 5.42. The first-order chi connectivity index (χ1) is 25.7. The summed E-state index contributed by atoms with van der Waals surface area (Å²) >= 11 is 0. The third-order valence-electron chi connectivity index (χ3n) is 10.3. The Balaban J connectivity index is 1.08. The van der Waals surface area contributed by atoms with E-state index in [0.717, 1.165) is 50.5 Å². The van der Waals surface area contributed by atoms with E-state index in [2.05, 4.69) is 130 Å². The van der Waals surface area contributed by atoms with Crippen molar-refractivity contribution in [3.63, 3.8) is 0 Å².